The molecule has 0 spiro atoms. The van der Waals surface area contributed by atoms with E-state index in [0.717, 1.165) is 30.3 Å². The molecule has 0 radical (unpaired) electrons. The van der Waals surface area contributed by atoms with E-state index in [-0.39, 0.29) is 28.3 Å². The first kappa shape index (κ1) is 21.3. The monoisotopic (exact) mass is 447 g/mol. The minimum Gasteiger partial charge on any atom is -0.322 e. The van der Waals surface area contributed by atoms with Crippen LogP contribution in [0.5, 0.6) is 0 Å². The number of benzene rings is 2. The zero-order chi connectivity index (χ0) is 21.4. The Labute approximate surface area is 165 Å². The lowest BCUT2D eigenvalue weighted by Gasteiger charge is -2.12. The van der Waals surface area contributed by atoms with Crippen LogP contribution in [0.25, 0.3) is 0 Å². The van der Waals surface area contributed by atoms with Gasteiger partial charge in [0, 0.05) is 11.3 Å². The van der Waals surface area contributed by atoms with Crippen molar-refractivity contribution in [2.75, 3.05) is 16.8 Å². The number of carbonyl (C=O) groups is 1. The maximum absolute atomic E-state index is 12.7. The van der Waals surface area contributed by atoms with E-state index >= 15 is 0 Å². The number of sulfone groups is 2. The standard InChI is InChI=1S/C18H16F3NO5S2/c19-18(20,21)13-4-6-14(7-5-13)22-17(23)12-2-1-3-15(10-12)29(26,27)16-8-9-28(24,25)11-16/h1-7,10,16H,8-9,11H2,(H,22,23)/t16-/m1/s1. The van der Waals surface area contributed by atoms with E-state index < -0.39 is 48.3 Å². The normalized spacial score (nSPS) is 19.1. The van der Waals surface area contributed by atoms with Gasteiger partial charge in [-0.3, -0.25) is 4.79 Å². The second-order valence-corrected chi connectivity index (χ2v) is 11.1. The summed E-state index contributed by atoms with van der Waals surface area (Å²) in [6.07, 6.45) is -4.51. The van der Waals surface area contributed by atoms with Crippen LogP contribution in [0.2, 0.25) is 0 Å². The van der Waals surface area contributed by atoms with Gasteiger partial charge in [-0.05, 0) is 48.9 Å². The topological polar surface area (TPSA) is 97.4 Å². The number of nitrogens with one attached hydrogen (secondary N) is 1. The third-order valence-electron chi connectivity index (χ3n) is 4.52. The molecule has 1 fully saturated rings. The summed E-state index contributed by atoms with van der Waals surface area (Å²) in [6.45, 7) is 0. The summed E-state index contributed by atoms with van der Waals surface area (Å²) in [6, 6.07) is 8.90. The fourth-order valence-electron chi connectivity index (χ4n) is 2.96. The van der Waals surface area contributed by atoms with Crippen LogP contribution >= 0.6 is 0 Å². The molecule has 1 saturated heterocycles. The highest BCUT2D eigenvalue weighted by molar-refractivity contribution is 7.96. The maximum atomic E-state index is 12.7. The van der Waals surface area contributed by atoms with Crippen LogP contribution < -0.4 is 5.32 Å². The lowest BCUT2D eigenvalue weighted by atomic mass is 10.2. The van der Waals surface area contributed by atoms with Crippen molar-refractivity contribution in [3.63, 3.8) is 0 Å². The number of halogens is 3. The van der Waals surface area contributed by atoms with Crippen LogP contribution in [-0.4, -0.2) is 39.5 Å². The second kappa shape index (κ2) is 7.45. The highest BCUT2D eigenvalue weighted by atomic mass is 32.2. The smallest absolute Gasteiger partial charge is 0.322 e. The SMILES string of the molecule is O=C(Nc1ccc(C(F)(F)F)cc1)c1cccc(S(=O)(=O)[C@@H]2CCS(=O)(=O)C2)c1. The van der Waals surface area contributed by atoms with E-state index in [2.05, 4.69) is 5.32 Å². The highest BCUT2D eigenvalue weighted by Crippen LogP contribution is 2.30. The molecule has 0 unspecified atom stereocenters. The van der Waals surface area contributed by atoms with Crippen molar-refractivity contribution in [2.24, 2.45) is 0 Å². The summed E-state index contributed by atoms with van der Waals surface area (Å²) in [5.74, 6) is -1.37. The fraction of sp³-hybridized carbons (Fsp3) is 0.278. The van der Waals surface area contributed by atoms with Crippen LogP contribution in [0.1, 0.15) is 22.3 Å². The molecule has 1 N–H and O–H groups in total. The molecule has 29 heavy (non-hydrogen) atoms. The van der Waals surface area contributed by atoms with E-state index in [1.807, 2.05) is 0 Å². The molecule has 0 bridgehead atoms. The Morgan fingerprint density at radius 2 is 1.72 bits per heavy atom. The van der Waals surface area contributed by atoms with Crippen molar-refractivity contribution >= 4 is 31.3 Å². The molecular weight excluding hydrogens is 431 g/mol. The molecule has 0 aliphatic carbocycles. The van der Waals surface area contributed by atoms with E-state index in [1.54, 1.807) is 0 Å². The van der Waals surface area contributed by atoms with Crippen molar-refractivity contribution in [2.45, 2.75) is 22.7 Å². The number of hydrogen-bond donors (Lipinski definition) is 1. The highest BCUT2D eigenvalue weighted by Gasteiger charge is 2.38. The van der Waals surface area contributed by atoms with Crippen molar-refractivity contribution in [1.29, 1.82) is 0 Å². The summed E-state index contributed by atoms with van der Waals surface area (Å²) >= 11 is 0. The fourth-order valence-corrected chi connectivity index (χ4v) is 7.36. The molecule has 1 amide bonds. The van der Waals surface area contributed by atoms with Gasteiger partial charge in [0.1, 0.15) is 0 Å². The number of hydrogen-bond acceptors (Lipinski definition) is 5. The first-order chi connectivity index (χ1) is 13.4. The van der Waals surface area contributed by atoms with Crippen molar-refractivity contribution in [1.82, 2.24) is 0 Å². The van der Waals surface area contributed by atoms with Crippen molar-refractivity contribution in [3.05, 3.63) is 59.7 Å². The maximum Gasteiger partial charge on any atom is 0.416 e. The molecule has 1 aliphatic heterocycles. The number of amides is 1. The average Bonchev–Trinajstić information content (AvgIpc) is 3.02. The van der Waals surface area contributed by atoms with Gasteiger partial charge >= 0.3 is 6.18 Å². The predicted molar refractivity (Wildman–Crippen MR) is 100 cm³/mol. The second-order valence-electron chi connectivity index (χ2n) is 6.63. The largest absolute Gasteiger partial charge is 0.416 e. The van der Waals surface area contributed by atoms with Gasteiger partial charge in [-0.15, -0.1) is 0 Å². The Bertz CT molecular complexity index is 1140. The minimum absolute atomic E-state index is 0.00730. The lowest BCUT2D eigenvalue weighted by Crippen LogP contribution is -2.23. The Hall–Kier alpha value is -2.40. The lowest BCUT2D eigenvalue weighted by molar-refractivity contribution is -0.137. The van der Waals surface area contributed by atoms with Gasteiger partial charge in [0.15, 0.2) is 19.7 Å². The van der Waals surface area contributed by atoms with Gasteiger partial charge < -0.3 is 5.32 Å². The molecular formula is C18H16F3NO5S2. The summed E-state index contributed by atoms with van der Waals surface area (Å²) in [7, 11) is -7.35. The summed E-state index contributed by atoms with van der Waals surface area (Å²) < 4.78 is 86.3. The van der Waals surface area contributed by atoms with Crippen molar-refractivity contribution in [3.8, 4) is 0 Å². The zero-order valence-corrected chi connectivity index (χ0v) is 16.4. The van der Waals surface area contributed by atoms with Gasteiger partial charge in [0.2, 0.25) is 0 Å². The van der Waals surface area contributed by atoms with E-state index in [1.165, 1.54) is 18.2 Å². The summed E-state index contributed by atoms with van der Waals surface area (Å²) in [5, 5.41) is 1.33. The van der Waals surface area contributed by atoms with Gasteiger partial charge in [-0.2, -0.15) is 13.2 Å². The van der Waals surface area contributed by atoms with Crippen LogP contribution in [0.15, 0.2) is 53.4 Å². The van der Waals surface area contributed by atoms with Gasteiger partial charge in [0.05, 0.1) is 27.2 Å². The first-order valence-corrected chi connectivity index (χ1v) is 11.8. The molecule has 2 aromatic carbocycles. The molecule has 0 saturated carbocycles. The number of rotatable bonds is 4. The summed E-state index contributed by atoms with van der Waals surface area (Å²) in [5.41, 5.74) is -0.778. The van der Waals surface area contributed by atoms with Crippen LogP contribution in [-0.2, 0) is 25.9 Å². The zero-order valence-electron chi connectivity index (χ0n) is 14.8. The summed E-state index contributed by atoms with van der Waals surface area (Å²) in [4.78, 5) is 12.2. The quantitative estimate of drug-likeness (QED) is 0.777. The molecule has 1 heterocycles. The Morgan fingerprint density at radius 3 is 2.28 bits per heavy atom. The van der Waals surface area contributed by atoms with Crippen LogP contribution in [0.4, 0.5) is 18.9 Å². The third-order valence-corrected chi connectivity index (χ3v) is 8.69. The molecule has 11 heteroatoms. The number of anilines is 1. The molecule has 2 aromatic rings. The van der Waals surface area contributed by atoms with Crippen LogP contribution in [0.3, 0.4) is 0 Å². The third kappa shape index (κ3) is 4.78. The Kier molecular flexibility index (Phi) is 5.48. The molecule has 1 atom stereocenters. The molecule has 156 valence electrons. The Balaban J connectivity index is 1.79. The molecule has 1 aliphatic rings. The Morgan fingerprint density at radius 1 is 1.07 bits per heavy atom. The minimum atomic E-state index is -4.50. The average molecular weight is 447 g/mol. The molecule has 6 nitrogen and oxygen atoms in total. The first-order valence-electron chi connectivity index (χ1n) is 8.41. The van der Waals surface area contributed by atoms with E-state index in [4.69, 9.17) is 0 Å². The van der Waals surface area contributed by atoms with Gasteiger partial charge in [0.25, 0.3) is 5.91 Å². The van der Waals surface area contributed by atoms with Crippen molar-refractivity contribution < 1.29 is 34.8 Å². The van der Waals surface area contributed by atoms with Gasteiger partial charge in [-0.25, -0.2) is 16.8 Å². The molecule has 0 aromatic heterocycles. The van der Waals surface area contributed by atoms with Gasteiger partial charge in [-0.1, -0.05) is 6.07 Å². The molecule has 3 rings (SSSR count). The van der Waals surface area contributed by atoms with Crippen LogP contribution in [0, 0.1) is 0 Å². The van der Waals surface area contributed by atoms with E-state index in [9.17, 15) is 34.8 Å². The number of alkyl halides is 3. The van der Waals surface area contributed by atoms with E-state index in [0.29, 0.717) is 0 Å². The predicted octanol–water partition coefficient (Wildman–Crippen LogP) is 2.92. The number of carbonyl (C=O) groups excluding carboxylic acids is 1.